The minimum atomic E-state index is -1.63. The van der Waals surface area contributed by atoms with Gasteiger partial charge in [0.2, 0.25) is 5.43 Å². The number of carbonyl (C=O) groups is 1. The molecule has 1 aliphatic carbocycles. The van der Waals surface area contributed by atoms with Gasteiger partial charge < -0.3 is 19.4 Å². The van der Waals surface area contributed by atoms with Crippen LogP contribution < -0.4 is 74.8 Å². The molecule has 4 rings (SSSR count). The van der Waals surface area contributed by atoms with Crippen LogP contribution in [0.1, 0.15) is 10.4 Å². The van der Waals surface area contributed by atoms with Crippen LogP contribution in [-0.4, -0.2) is 5.97 Å². The SMILES string of the molecule is O=C([O-])c1c(Cl)c(Cl)c(Cl)c(Cl)c1-c1c2cc([125I])c(=O)c(I)c-2oc2c(I)c([O-])c([125I])cc12.[Na+].[Na+]. The molecule has 0 radical (unpaired) electrons. The number of hydrogen-bond acceptors (Lipinski definition) is 5. The molecule has 0 bridgehead atoms. The van der Waals surface area contributed by atoms with Crippen molar-refractivity contribution in [3.05, 3.63) is 62.3 Å². The summed E-state index contributed by atoms with van der Waals surface area (Å²) in [6, 6.07) is 3.10. The number of halogens is 8. The van der Waals surface area contributed by atoms with Crippen LogP contribution in [0.25, 0.3) is 33.4 Å². The van der Waals surface area contributed by atoms with Gasteiger partial charge in [-0.05, 0) is 102 Å². The summed E-state index contributed by atoms with van der Waals surface area (Å²) in [5, 5.41) is 24.3. The van der Waals surface area contributed by atoms with E-state index in [2.05, 4.69) is 0 Å². The Morgan fingerprint density at radius 2 is 1.46 bits per heavy atom. The van der Waals surface area contributed by atoms with E-state index >= 15 is 0 Å². The van der Waals surface area contributed by atoms with Gasteiger partial charge in [-0.1, -0.05) is 52.2 Å². The smallest absolute Gasteiger partial charge is 0.871 e. The second-order valence-corrected chi connectivity index (χ2v) is 12.5. The number of carboxylic acids is 1. The Hall–Kier alpha value is 2.48. The van der Waals surface area contributed by atoms with Gasteiger partial charge in [-0.25, -0.2) is 0 Å². The van der Waals surface area contributed by atoms with Crippen LogP contribution in [0.4, 0.5) is 0 Å². The van der Waals surface area contributed by atoms with Gasteiger partial charge in [0.05, 0.1) is 29.6 Å². The van der Waals surface area contributed by atoms with Crippen molar-refractivity contribution in [1.29, 1.82) is 0 Å². The van der Waals surface area contributed by atoms with Gasteiger partial charge in [0.15, 0.2) is 5.76 Å². The van der Waals surface area contributed by atoms with Crippen LogP contribution in [0.2, 0.25) is 20.1 Å². The molecule has 1 aliphatic heterocycles. The molecule has 0 fully saturated rings. The predicted molar refractivity (Wildman–Crippen MR) is 159 cm³/mol. The van der Waals surface area contributed by atoms with Crippen molar-refractivity contribution in [3.8, 4) is 28.2 Å². The van der Waals surface area contributed by atoms with E-state index in [0.29, 0.717) is 18.1 Å². The van der Waals surface area contributed by atoms with E-state index in [9.17, 15) is 19.8 Å². The van der Waals surface area contributed by atoms with Crippen molar-refractivity contribution in [2.45, 2.75) is 0 Å². The van der Waals surface area contributed by atoms with Gasteiger partial charge >= 0.3 is 59.1 Å². The molecule has 0 saturated carbocycles. The van der Waals surface area contributed by atoms with Crippen molar-refractivity contribution in [2.75, 3.05) is 0 Å². The summed E-state index contributed by atoms with van der Waals surface area (Å²) in [6.07, 6.45) is 0. The average Bonchev–Trinajstić information content (AvgIpc) is 2.76. The Kier molecular flexibility index (Phi) is 12.5. The number of rotatable bonds is 2. The number of fused-ring (bicyclic) bond motifs is 2. The van der Waals surface area contributed by atoms with E-state index < -0.39 is 11.5 Å². The Labute approximate surface area is 316 Å². The van der Waals surface area contributed by atoms with Gasteiger partial charge in [-0.15, -0.1) is 0 Å². The molecule has 2 aliphatic rings. The number of aromatic carboxylic acids is 1. The van der Waals surface area contributed by atoms with E-state index in [0.717, 1.165) is 0 Å². The van der Waals surface area contributed by atoms with Gasteiger partial charge in [-0.3, -0.25) is 4.79 Å². The number of carboxylic acid groups (broad SMARTS) is 1. The molecule has 0 atom stereocenters. The van der Waals surface area contributed by atoms with Crippen molar-refractivity contribution < 1.29 is 78.5 Å². The van der Waals surface area contributed by atoms with Gasteiger partial charge in [0, 0.05) is 34.8 Å². The van der Waals surface area contributed by atoms with Gasteiger partial charge in [0.25, 0.3) is 0 Å². The fourth-order valence-corrected chi connectivity index (χ4v) is 7.91. The van der Waals surface area contributed by atoms with Crippen LogP contribution in [-0.2, 0) is 0 Å². The third kappa shape index (κ3) is 5.80. The van der Waals surface area contributed by atoms with Crippen LogP contribution in [0, 0.1) is 14.3 Å². The first kappa shape index (κ1) is 33.7. The first-order valence-electron chi connectivity index (χ1n) is 8.39. The van der Waals surface area contributed by atoms with E-state index in [1.54, 1.807) is 12.1 Å². The predicted octanol–water partition coefficient (Wildman–Crippen LogP) is 1.04. The van der Waals surface area contributed by atoms with E-state index in [1.165, 1.54) is 0 Å². The van der Waals surface area contributed by atoms with Gasteiger partial charge in [0.1, 0.15) is 9.15 Å². The number of hydrogen-bond donors (Lipinski definition) is 0. The summed E-state index contributed by atoms with van der Waals surface area (Å²) in [5.74, 6) is -1.75. The molecule has 0 aromatic heterocycles. The zero-order valence-electron chi connectivity index (χ0n) is 17.2. The van der Waals surface area contributed by atoms with Crippen molar-refractivity contribution in [2.24, 2.45) is 0 Å². The molecule has 2 aromatic rings. The summed E-state index contributed by atoms with van der Waals surface area (Å²) in [7, 11) is 0. The maximum absolute atomic E-state index is 12.6. The molecule has 0 amide bonds. The monoisotopic (exact) mass is 1010 g/mol. The Bertz CT molecular complexity index is 1580. The third-order valence-electron chi connectivity index (χ3n) is 4.73. The summed E-state index contributed by atoms with van der Waals surface area (Å²) >= 11 is 32.7. The van der Waals surface area contributed by atoms with E-state index in [4.69, 9.17) is 50.8 Å². The second kappa shape index (κ2) is 13.0. The first-order valence-corrected chi connectivity index (χ1v) is 14.2. The molecule has 2 aromatic carbocycles. The Balaban J connectivity index is 0.00000216. The van der Waals surface area contributed by atoms with Crippen molar-refractivity contribution in [1.82, 2.24) is 0 Å². The van der Waals surface area contributed by atoms with Crippen molar-refractivity contribution in [3.63, 3.8) is 0 Å². The number of benzene rings is 3. The topological polar surface area (TPSA) is 93.4 Å². The Morgan fingerprint density at radius 1 is 0.886 bits per heavy atom. The standard InChI is InChI=1S/C20H4Cl4I4O5.2Na/c21-10-8(9(20(31)32)11(22)13(24)12(10)23)7-3-1-5(25)16(29)14(27)18(3)33-19-4(7)2-6(26)17(30)15(19)28;;/h1-2,29H,(H,31,32);;/q;2*+1/p-2/i25-2,26-2;;. The van der Waals surface area contributed by atoms with Gasteiger partial charge in [-0.2, -0.15) is 0 Å². The summed E-state index contributed by atoms with van der Waals surface area (Å²) in [6.45, 7) is 0. The van der Waals surface area contributed by atoms with Crippen LogP contribution in [0.15, 0.2) is 21.3 Å². The average molecular weight is 1010 g/mol. The minimum absolute atomic E-state index is 0. The maximum Gasteiger partial charge on any atom is 1.00 e. The molecule has 0 N–H and O–H groups in total. The molecule has 170 valence electrons. The second-order valence-electron chi connectivity index (χ2n) is 6.53. The minimum Gasteiger partial charge on any atom is -0.871 e. The summed E-state index contributed by atoms with van der Waals surface area (Å²) in [4.78, 5) is 24.8. The third-order valence-corrected chi connectivity index (χ3v) is 10.1. The molecule has 15 heteroatoms. The fraction of sp³-hybridized carbons (Fsp3) is 0. The molecular weight excluding hydrogens is 1010 g/mol. The van der Waals surface area contributed by atoms with Crippen LogP contribution in [0.3, 0.4) is 0 Å². The van der Waals surface area contributed by atoms with E-state index in [1.807, 2.05) is 90.4 Å². The maximum atomic E-state index is 12.6. The molecular formula is C20H2Cl4I4Na2O5. The zero-order chi connectivity index (χ0) is 24.5. The van der Waals surface area contributed by atoms with E-state index in [-0.39, 0.29) is 120 Å². The Morgan fingerprint density at radius 3 is 2.03 bits per heavy atom. The summed E-state index contributed by atoms with van der Waals surface area (Å²) < 4.78 is 7.27. The molecule has 1 heterocycles. The van der Waals surface area contributed by atoms with Crippen molar-refractivity contribution >= 4 is 154 Å². The summed E-state index contributed by atoms with van der Waals surface area (Å²) in [5.41, 5.74) is -0.0131. The molecule has 5 nitrogen and oxygen atoms in total. The number of carbonyl (C=O) groups excluding carboxylic acids is 1. The normalized spacial score (nSPS) is 10.9. The molecule has 0 unspecified atom stereocenters. The first-order chi connectivity index (χ1) is 15.4. The fourth-order valence-electron chi connectivity index (χ4n) is 3.31. The van der Waals surface area contributed by atoms with Crippen LogP contribution in [0.5, 0.6) is 5.75 Å². The zero-order valence-corrected chi connectivity index (χ0v) is 32.9. The van der Waals surface area contributed by atoms with Crippen LogP contribution >= 0.6 is 137 Å². The molecule has 0 spiro atoms. The molecule has 0 saturated heterocycles. The molecule has 35 heavy (non-hydrogen) atoms. The quantitative estimate of drug-likeness (QED) is 0.0986. The largest absolute Gasteiger partial charge is 1.00 e.